The van der Waals surface area contributed by atoms with Crippen LogP contribution in [0.2, 0.25) is 0 Å². The minimum atomic E-state index is 0.764. The standard InChI is InChI=1S/C7H11N/c1-2-3-7-4-5-8-6-7/h1,7-8H,3-6H2. The maximum absolute atomic E-state index is 5.13. The second-order valence-electron chi connectivity index (χ2n) is 2.27. The van der Waals surface area contributed by atoms with E-state index in [1.54, 1.807) is 0 Å². The fraction of sp³-hybridized carbons (Fsp3) is 0.714. The molecule has 0 aromatic rings. The van der Waals surface area contributed by atoms with Crippen molar-refractivity contribution in [3.63, 3.8) is 0 Å². The fourth-order valence-electron chi connectivity index (χ4n) is 1.06. The van der Waals surface area contributed by atoms with Gasteiger partial charge in [0.15, 0.2) is 0 Å². The van der Waals surface area contributed by atoms with E-state index in [1.807, 2.05) is 0 Å². The van der Waals surface area contributed by atoms with E-state index in [9.17, 15) is 0 Å². The van der Waals surface area contributed by atoms with E-state index >= 15 is 0 Å². The van der Waals surface area contributed by atoms with Gasteiger partial charge in [0.1, 0.15) is 0 Å². The van der Waals surface area contributed by atoms with Crippen molar-refractivity contribution < 1.29 is 0 Å². The summed E-state index contributed by atoms with van der Waals surface area (Å²) in [5, 5.41) is 3.26. The van der Waals surface area contributed by atoms with Crippen molar-refractivity contribution in [3.8, 4) is 12.3 Å². The molecule has 0 aromatic heterocycles. The monoisotopic (exact) mass is 109 g/mol. The molecule has 0 amide bonds. The van der Waals surface area contributed by atoms with Crippen LogP contribution in [0, 0.1) is 18.3 Å². The number of hydrogen-bond acceptors (Lipinski definition) is 1. The fourth-order valence-corrected chi connectivity index (χ4v) is 1.06. The molecule has 1 unspecified atom stereocenters. The number of nitrogens with one attached hydrogen (secondary N) is 1. The minimum absolute atomic E-state index is 0.764. The zero-order valence-corrected chi connectivity index (χ0v) is 4.98. The topological polar surface area (TPSA) is 12.0 Å². The van der Waals surface area contributed by atoms with Crippen LogP contribution in [-0.2, 0) is 0 Å². The van der Waals surface area contributed by atoms with Crippen LogP contribution in [0.5, 0.6) is 0 Å². The second-order valence-corrected chi connectivity index (χ2v) is 2.27. The molecular weight excluding hydrogens is 98.1 g/mol. The predicted octanol–water partition coefficient (Wildman–Crippen LogP) is 0.619. The van der Waals surface area contributed by atoms with Crippen molar-refractivity contribution in [3.05, 3.63) is 0 Å². The first-order valence-corrected chi connectivity index (χ1v) is 3.07. The van der Waals surface area contributed by atoms with Crippen LogP contribution in [-0.4, -0.2) is 13.1 Å². The smallest absolute Gasteiger partial charge is 0.0127 e. The maximum Gasteiger partial charge on any atom is 0.0127 e. The Labute approximate surface area is 50.5 Å². The van der Waals surface area contributed by atoms with Crippen LogP contribution >= 0.6 is 0 Å². The lowest BCUT2D eigenvalue weighted by Gasteiger charge is -1.98. The van der Waals surface area contributed by atoms with Crippen molar-refractivity contribution in [2.24, 2.45) is 5.92 Å². The predicted molar refractivity (Wildman–Crippen MR) is 34.4 cm³/mol. The Balaban J connectivity index is 2.17. The Kier molecular flexibility index (Phi) is 1.93. The van der Waals surface area contributed by atoms with Gasteiger partial charge in [0, 0.05) is 6.42 Å². The van der Waals surface area contributed by atoms with Gasteiger partial charge in [-0.3, -0.25) is 0 Å². The molecule has 0 aromatic carbocycles. The van der Waals surface area contributed by atoms with E-state index in [1.165, 1.54) is 6.42 Å². The molecule has 0 spiro atoms. The number of rotatable bonds is 1. The molecular formula is C7H11N. The molecule has 0 aliphatic carbocycles. The van der Waals surface area contributed by atoms with Crippen LogP contribution < -0.4 is 5.32 Å². The lowest BCUT2D eigenvalue weighted by molar-refractivity contribution is 0.603. The van der Waals surface area contributed by atoms with Gasteiger partial charge in [0.05, 0.1) is 0 Å². The van der Waals surface area contributed by atoms with E-state index < -0.39 is 0 Å². The Morgan fingerprint density at radius 2 is 2.62 bits per heavy atom. The third-order valence-electron chi connectivity index (χ3n) is 1.57. The van der Waals surface area contributed by atoms with E-state index in [2.05, 4.69) is 11.2 Å². The Morgan fingerprint density at radius 1 is 1.75 bits per heavy atom. The summed E-state index contributed by atoms with van der Waals surface area (Å²) in [5.41, 5.74) is 0. The van der Waals surface area contributed by atoms with Crippen LogP contribution in [0.1, 0.15) is 12.8 Å². The molecule has 0 bridgehead atoms. The van der Waals surface area contributed by atoms with Gasteiger partial charge in [0.2, 0.25) is 0 Å². The summed E-state index contributed by atoms with van der Waals surface area (Å²) in [7, 11) is 0. The quantitative estimate of drug-likeness (QED) is 0.487. The van der Waals surface area contributed by atoms with E-state index in [0.29, 0.717) is 0 Å². The van der Waals surface area contributed by atoms with Crippen molar-refractivity contribution in [2.75, 3.05) is 13.1 Å². The molecule has 1 heterocycles. The normalized spacial score (nSPS) is 27.6. The van der Waals surface area contributed by atoms with Crippen LogP contribution in [0.15, 0.2) is 0 Å². The highest BCUT2D eigenvalue weighted by Crippen LogP contribution is 2.09. The lowest BCUT2D eigenvalue weighted by atomic mass is 10.1. The molecule has 1 N–H and O–H groups in total. The third kappa shape index (κ3) is 1.24. The average Bonchev–Trinajstić information content (AvgIpc) is 2.19. The summed E-state index contributed by atoms with van der Waals surface area (Å²) in [6.07, 6.45) is 7.35. The largest absolute Gasteiger partial charge is 0.316 e. The van der Waals surface area contributed by atoms with E-state index in [0.717, 1.165) is 25.4 Å². The van der Waals surface area contributed by atoms with Crippen molar-refractivity contribution in [1.82, 2.24) is 5.32 Å². The summed E-state index contributed by atoms with van der Waals surface area (Å²) >= 11 is 0. The number of terminal acetylenes is 1. The SMILES string of the molecule is C#CCC1CCNC1. The Morgan fingerprint density at radius 3 is 3.12 bits per heavy atom. The number of hydrogen-bond donors (Lipinski definition) is 1. The van der Waals surface area contributed by atoms with Gasteiger partial charge in [-0.15, -0.1) is 12.3 Å². The minimum Gasteiger partial charge on any atom is -0.316 e. The third-order valence-corrected chi connectivity index (χ3v) is 1.57. The molecule has 1 fully saturated rings. The van der Waals surface area contributed by atoms with Gasteiger partial charge in [-0.25, -0.2) is 0 Å². The van der Waals surface area contributed by atoms with Gasteiger partial charge in [-0.1, -0.05) is 0 Å². The van der Waals surface area contributed by atoms with E-state index in [4.69, 9.17) is 6.42 Å². The molecule has 44 valence electrons. The van der Waals surface area contributed by atoms with Crippen LogP contribution in [0.4, 0.5) is 0 Å². The second kappa shape index (κ2) is 2.74. The summed E-state index contributed by atoms with van der Waals surface area (Å²) in [5.74, 6) is 3.43. The molecule has 8 heavy (non-hydrogen) atoms. The van der Waals surface area contributed by atoms with Crippen molar-refractivity contribution in [1.29, 1.82) is 0 Å². The van der Waals surface area contributed by atoms with Crippen molar-refractivity contribution in [2.45, 2.75) is 12.8 Å². The van der Waals surface area contributed by atoms with Crippen LogP contribution in [0.25, 0.3) is 0 Å². The van der Waals surface area contributed by atoms with Crippen LogP contribution in [0.3, 0.4) is 0 Å². The molecule has 0 saturated carbocycles. The molecule has 0 radical (unpaired) electrons. The highest BCUT2D eigenvalue weighted by molar-refractivity contribution is 4.89. The lowest BCUT2D eigenvalue weighted by Crippen LogP contribution is -2.08. The van der Waals surface area contributed by atoms with Gasteiger partial charge in [-0.2, -0.15) is 0 Å². The van der Waals surface area contributed by atoms with Gasteiger partial charge < -0.3 is 5.32 Å². The Hall–Kier alpha value is -0.480. The highest BCUT2D eigenvalue weighted by atomic mass is 14.9. The first-order valence-electron chi connectivity index (χ1n) is 3.07. The molecule has 1 nitrogen and oxygen atoms in total. The van der Waals surface area contributed by atoms with E-state index in [-0.39, 0.29) is 0 Å². The first-order chi connectivity index (χ1) is 3.93. The molecule has 1 heteroatoms. The molecule has 1 aliphatic rings. The maximum atomic E-state index is 5.13. The molecule has 1 aliphatic heterocycles. The molecule has 1 atom stereocenters. The summed E-state index contributed by atoms with van der Waals surface area (Å²) in [6.45, 7) is 2.29. The molecule has 1 rings (SSSR count). The summed E-state index contributed by atoms with van der Waals surface area (Å²) in [6, 6.07) is 0. The summed E-state index contributed by atoms with van der Waals surface area (Å²) in [4.78, 5) is 0. The van der Waals surface area contributed by atoms with Crippen molar-refractivity contribution >= 4 is 0 Å². The average molecular weight is 109 g/mol. The zero-order chi connectivity index (χ0) is 5.82. The zero-order valence-electron chi connectivity index (χ0n) is 4.98. The van der Waals surface area contributed by atoms with Gasteiger partial charge in [-0.05, 0) is 25.4 Å². The summed E-state index contributed by atoms with van der Waals surface area (Å²) < 4.78 is 0. The van der Waals surface area contributed by atoms with Gasteiger partial charge in [0.25, 0.3) is 0 Å². The first kappa shape index (κ1) is 5.65. The highest BCUT2D eigenvalue weighted by Gasteiger charge is 2.11. The molecule has 1 saturated heterocycles. The van der Waals surface area contributed by atoms with Gasteiger partial charge >= 0.3 is 0 Å². The Bertz CT molecular complexity index is 95.4.